The lowest BCUT2D eigenvalue weighted by Crippen LogP contribution is -2.01. The lowest BCUT2D eigenvalue weighted by Gasteiger charge is -2.15. The summed E-state index contributed by atoms with van der Waals surface area (Å²) in [5.41, 5.74) is 0. The lowest BCUT2D eigenvalue weighted by atomic mass is 9.92. The van der Waals surface area contributed by atoms with Crippen molar-refractivity contribution in [2.45, 2.75) is 31.0 Å². The Labute approximate surface area is 65.8 Å². The molecule has 1 unspecified atom stereocenters. The first kappa shape index (κ1) is 7.38. The molecule has 1 heteroatoms. The van der Waals surface area contributed by atoms with Gasteiger partial charge >= 0.3 is 0 Å². The Bertz CT molecular complexity index is 96.7. The summed E-state index contributed by atoms with van der Waals surface area (Å²) in [5.74, 6) is 0.993. The number of hydrogen-bond donors (Lipinski definition) is 0. The minimum Gasteiger partial charge on any atom is -0.117 e. The summed E-state index contributed by atoms with van der Waals surface area (Å²) in [7, 11) is 0. The van der Waals surface area contributed by atoms with Gasteiger partial charge in [0, 0.05) is 0 Å². The zero-order chi connectivity index (χ0) is 6.53. The Hall–Kier alpha value is 0.272. The number of rotatable bonds is 2. The molecule has 0 spiro atoms. The van der Waals surface area contributed by atoms with Crippen molar-refractivity contribution >= 4 is 16.3 Å². The number of hydrogen-bond acceptors (Lipinski definition) is 0. The summed E-state index contributed by atoms with van der Waals surface area (Å²) in [6, 6.07) is 0. The van der Waals surface area contributed by atoms with Crippen molar-refractivity contribution in [1.29, 1.82) is 0 Å². The molecule has 0 aromatic carbocycles. The van der Waals surface area contributed by atoms with Crippen LogP contribution in [0.4, 0.5) is 0 Å². The van der Waals surface area contributed by atoms with E-state index in [-0.39, 0.29) is 0 Å². The molecular weight excluding hydrogens is 123 g/mol. The van der Waals surface area contributed by atoms with Gasteiger partial charge in [-0.2, -0.15) is 0 Å². The van der Waals surface area contributed by atoms with Crippen LogP contribution in [-0.2, 0) is 0 Å². The summed E-state index contributed by atoms with van der Waals surface area (Å²) < 4.78 is 0. The van der Waals surface area contributed by atoms with Crippen LogP contribution in [0.1, 0.15) is 25.7 Å². The van der Waals surface area contributed by atoms with E-state index >= 15 is 0 Å². The first-order chi connectivity index (χ1) is 4.43. The van der Waals surface area contributed by atoms with E-state index in [1.807, 2.05) is 0 Å². The molecule has 0 aromatic rings. The maximum absolute atomic E-state index is 2.80. The van der Waals surface area contributed by atoms with E-state index in [2.05, 4.69) is 28.4 Å². The molecule has 0 aromatic heterocycles. The molecule has 0 N–H and O–H groups in total. The summed E-state index contributed by atoms with van der Waals surface area (Å²) in [6.45, 7) is 0. The van der Waals surface area contributed by atoms with Crippen molar-refractivity contribution in [3.63, 3.8) is 0 Å². The van der Waals surface area contributed by atoms with Crippen LogP contribution >= 0.6 is 0 Å². The first-order valence-corrected chi connectivity index (χ1v) is 4.60. The van der Waals surface area contributed by atoms with Crippen molar-refractivity contribution in [2.24, 2.45) is 5.92 Å². The van der Waals surface area contributed by atoms with Gasteiger partial charge < -0.3 is 0 Å². The van der Waals surface area contributed by atoms with Gasteiger partial charge in [0.15, 0.2) is 0 Å². The average molecular weight is 136 g/mol. The summed E-state index contributed by atoms with van der Waals surface area (Å²) >= 11 is 2.80. The van der Waals surface area contributed by atoms with E-state index in [0.29, 0.717) is 0 Å². The molecule has 2 radical (unpaired) electrons. The zero-order valence-electron chi connectivity index (χ0n) is 5.84. The van der Waals surface area contributed by atoms with Gasteiger partial charge in [0.2, 0.25) is 0 Å². The van der Waals surface area contributed by atoms with Gasteiger partial charge in [-0.15, -0.1) is 5.28 Å². The predicted octanol–water partition coefficient (Wildman–Crippen LogP) is 2.32. The monoisotopic (exact) mass is 136 g/mol. The van der Waals surface area contributed by atoms with Gasteiger partial charge in [-0.1, -0.05) is 18.6 Å². The van der Waals surface area contributed by atoms with Gasteiger partial charge in [-0.25, -0.2) is 0 Å². The zero-order valence-corrected chi connectivity index (χ0v) is 7.00. The molecule has 48 valence electrons. The second-order valence-corrected chi connectivity index (χ2v) is 3.31. The topological polar surface area (TPSA) is 0 Å². The third-order valence-corrected chi connectivity index (χ3v) is 2.29. The highest BCUT2D eigenvalue weighted by molar-refractivity contribution is 6.08. The van der Waals surface area contributed by atoms with Crippen LogP contribution < -0.4 is 0 Å². The van der Waals surface area contributed by atoms with Crippen LogP contribution in [0.3, 0.4) is 0 Å². The van der Waals surface area contributed by atoms with E-state index in [1.54, 1.807) is 0 Å². The fourth-order valence-corrected chi connectivity index (χ4v) is 1.83. The van der Waals surface area contributed by atoms with Crippen LogP contribution in [0.2, 0.25) is 5.28 Å². The molecule has 1 atom stereocenters. The van der Waals surface area contributed by atoms with Crippen molar-refractivity contribution in [3.8, 4) is 0 Å². The molecule has 1 aliphatic carbocycles. The number of allylic oxidation sites excluding steroid dienone is 2. The second kappa shape index (κ2) is 4.15. The quantitative estimate of drug-likeness (QED) is 0.403. The van der Waals surface area contributed by atoms with E-state index in [4.69, 9.17) is 0 Å². The fraction of sp³-hybridized carbons (Fsp3) is 0.750. The van der Waals surface area contributed by atoms with Crippen LogP contribution in [-0.4, -0.2) is 16.3 Å². The SMILES string of the molecule is [Al][CH2]CC1CC=CCC1. The largest absolute Gasteiger partial charge is 0.118 e. The summed E-state index contributed by atoms with van der Waals surface area (Å²) in [6.07, 6.45) is 10.1. The Morgan fingerprint density at radius 2 is 2.33 bits per heavy atom. The maximum atomic E-state index is 2.80. The molecule has 0 nitrogen and oxygen atoms in total. The standard InChI is InChI=1S/C8H13.Al/c1-2-8-6-4-3-5-7-8;/h3-4,8H,1-2,5-7H2;. The smallest absolute Gasteiger partial charge is 0.117 e. The molecule has 1 rings (SSSR count). The van der Waals surface area contributed by atoms with Crippen LogP contribution in [0.5, 0.6) is 0 Å². The van der Waals surface area contributed by atoms with E-state index in [0.717, 1.165) is 5.92 Å². The molecule has 0 amide bonds. The Morgan fingerprint density at radius 3 is 2.89 bits per heavy atom. The molecule has 0 saturated carbocycles. The van der Waals surface area contributed by atoms with Gasteiger partial charge in [-0.05, 0) is 25.2 Å². The van der Waals surface area contributed by atoms with E-state index in [9.17, 15) is 0 Å². The minimum atomic E-state index is 0.993. The van der Waals surface area contributed by atoms with Crippen LogP contribution in [0.15, 0.2) is 12.2 Å². The van der Waals surface area contributed by atoms with Crippen LogP contribution in [0.25, 0.3) is 0 Å². The maximum Gasteiger partial charge on any atom is 0.118 e. The van der Waals surface area contributed by atoms with Crippen molar-refractivity contribution < 1.29 is 0 Å². The first-order valence-electron chi connectivity index (χ1n) is 3.78. The Kier molecular flexibility index (Phi) is 3.40. The van der Waals surface area contributed by atoms with Gasteiger partial charge in [0.25, 0.3) is 0 Å². The molecule has 0 bridgehead atoms. The minimum absolute atomic E-state index is 0.993. The third kappa shape index (κ3) is 2.56. The summed E-state index contributed by atoms with van der Waals surface area (Å²) in [5, 5.41) is 1.28. The Balaban J connectivity index is 2.18. The summed E-state index contributed by atoms with van der Waals surface area (Å²) in [4.78, 5) is 0. The fourth-order valence-electron chi connectivity index (χ4n) is 1.35. The van der Waals surface area contributed by atoms with Gasteiger partial charge in [0.05, 0.1) is 0 Å². The van der Waals surface area contributed by atoms with Crippen molar-refractivity contribution in [1.82, 2.24) is 0 Å². The molecule has 0 saturated heterocycles. The second-order valence-electron chi connectivity index (χ2n) is 2.73. The molecule has 9 heavy (non-hydrogen) atoms. The van der Waals surface area contributed by atoms with Gasteiger partial charge in [0.1, 0.15) is 16.3 Å². The third-order valence-electron chi connectivity index (χ3n) is 1.95. The van der Waals surface area contributed by atoms with E-state index in [1.165, 1.54) is 31.0 Å². The average Bonchev–Trinajstić information content (AvgIpc) is 1.91. The molecule has 0 heterocycles. The van der Waals surface area contributed by atoms with Gasteiger partial charge in [-0.3, -0.25) is 0 Å². The normalized spacial score (nSPS) is 26.4. The molecular formula is C8H13Al. The van der Waals surface area contributed by atoms with Crippen molar-refractivity contribution in [3.05, 3.63) is 12.2 Å². The Morgan fingerprint density at radius 1 is 1.44 bits per heavy atom. The van der Waals surface area contributed by atoms with Crippen molar-refractivity contribution in [2.75, 3.05) is 0 Å². The van der Waals surface area contributed by atoms with E-state index < -0.39 is 0 Å². The molecule has 0 fully saturated rings. The molecule has 1 aliphatic rings. The highest BCUT2D eigenvalue weighted by Crippen LogP contribution is 2.21. The highest BCUT2D eigenvalue weighted by Gasteiger charge is 2.06. The molecule has 0 aliphatic heterocycles. The highest BCUT2D eigenvalue weighted by atomic mass is 27.0. The van der Waals surface area contributed by atoms with Crippen LogP contribution in [0, 0.1) is 5.92 Å². The lowest BCUT2D eigenvalue weighted by molar-refractivity contribution is 0.465. The predicted molar refractivity (Wildman–Crippen MR) is 41.7 cm³/mol.